The Kier molecular flexibility index (Phi) is 4.61. The number of nitrogens with two attached hydrogens (primary N) is 1. The van der Waals surface area contributed by atoms with Crippen molar-refractivity contribution in [2.24, 2.45) is 5.73 Å². The Labute approximate surface area is 115 Å². The largest absolute Gasteiger partial charge is 0.496 e. The summed E-state index contributed by atoms with van der Waals surface area (Å²) in [4.78, 5) is 0. The number of ether oxygens (including phenoxy) is 1. The second-order valence-corrected chi connectivity index (χ2v) is 5.54. The Morgan fingerprint density at radius 1 is 1.32 bits per heavy atom. The van der Waals surface area contributed by atoms with Crippen LogP contribution in [0.25, 0.3) is 0 Å². The predicted octanol–water partition coefficient (Wildman–Crippen LogP) is 2.26. The van der Waals surface area contributed by atoms with Crippen molar-refractivity contribution in [2.45, 2.75) is 37.8 Å². The number of benzene rings is 1. The van der Waals surface area contributed by atoms with Gasteiger partial charge in [0.2, 0.25) is 0 Å². The van der Waals surface area contributed by atoms with E-state index in [0.717, 1.165) is 25.0 Å². The highest BCUT2D eigenvalue weighted by molar-refractivity contribution is 5.34. The van der Waals surface area contributed by atoms with Gasteiger partial charge in [0.1, 0.15) is 5.75 Å². The van der Waals surface area contributed by atoms with Crippen LogP contribution in [0, 0.1) is 0 Å². The smallest absolute Gasteiger partial charge is 0.122 e. The summed E-state index contributed by atoms with van der Waals surface area (Å²) in [5, 5.41) is 3.70. The molecule has 19 heavy (non-hydrogen) atoms. The van der Waals surface area contributed by atoms with Crippen molar-refractivity contribution in [3.63, 3.8) is 0 Å². The minimum Gasteiger partial charge on any atom is -0.496 e. The first kappa shape index (κ1) is 14.1. The van der Waals surface area contributed by atoms with Gasteiger partial charge in [-0.1, -0.05) is 30.4 Å². The first-order valence-corrected chi connectivity index (χ1v) is 6.91. The molecule has 3 heteroatoms. The standard InChI is InChI=1S/C16H24N2O/c1-16(12-17,18-14-8-4-5-9-14)11-13-7-3-6-10-15(13)19-2/h3-7,10,14,18H,8-9,11-12,17H2,1-2H3. The molecule has 1 atom stereocenters. The molecule has 1 unspecified atom stereocenters. The van der Waals surface area contributed by atoms with Crippen molar-refractivity contribution in [1.29, 1.82) is 0 Å². The molecule has 0 saturated heterocycles. The Morgan fingerprint density at radius 2 is 2.00 bits per heavy atom. The molecule has 0 aromatic heterocycles. The lowest BCUT2D eigenvalue weighted by atomic mass is 9.91. The van der Waals surface area contributed by atoms with E-state index >= 15 is 0 Å². The second-order valence-electron chi connectivity index (χ2n) is 5.54. The van der Waals surface area contributed by atoms with Crippen molar-refractivity contribution in [3.8, 4) is 5.75 Å². The fourth-order valence-corrected chi connectivity index (χ4v) is 2.68. The van der Waals surface area contributed by atoms with Crippen molar-refractivity contribution in [2.75, 3.05) is 13.7 Å². The van der Waals surface area contributed by atoms with E-state index in [1.807, 2.05) is 18.2 Å². The number of methoxy groups -OCH3 is 1. The molecule has 0 fully saturated rings. The summed E-state index contributed by atoms with van der Waals surface area (Å²) in [5.41, 5.74) is 7.11. The molecule has 104 valence electrons. The SMILES string of the molecule is COc1ccccc1CC(C)(CN)NC1CC=CC1. The van der Waals surface area contributed by atoms with E-state index in [2.05, 4.69) is 30.5 Å². The van der Waals surface area contributed by atoms with Gasteiger partial charge >= 0.3 is 0 Å². The molecular formula is C16H24N2O. The van der Waals surface area contributed by atoms with Gasteiger partial charge in [0.05, 0.1) is 7.11 Å². The molecule has 0 spiro atoms. The Bertz CT molecular complexity index is 436. The second kappa shape index (κ2) is 6.22. The molecule has 3 nitrogen and oxygen atoms in total. The lowest BCUT2D eigenvalue weighted by Gasteiger charge is -2.33. The summed E-state index contributed by atoms with van der Waals surface area (Å²) >= 11 is 0. The van der Waals surface area contributed by atoms with Crippen LogP contribution in [0.2, 0.25) is 0 Å². The zero-order chi connectivity index (χ0) is 13.7. The molecule has 1 aromatic rings. The van der Waals surface area contributed by atoms with Gasteiger partial charge in [-0.3, -0.25) is 0 Å². The molecule has 1 aromatic carbocycles. The van der Waals surface area contributed by atoms with Crippen LogP contribution < -0.4 is 15.8 Å². The fourth-order valence-electron chi connectivity index (χ4n) is 2.68. The zero-order valence-electron chi connectivity index (χ0n) is 11.9. The average molecular weight is 260 g/mol. The van der Waals surface area contributed by atoms with Gasteiger partial charge in [-0.05, 0) is 37.8 Å². The quantitative estimate of drug-likeness (QED) is 0.771. The maximum atomic E-state index is 6.00. The molecule has 0 radical (unpaired) electrons. The van der Waals surface area contributed by atoms with E-state index < -0.39 is 0 Å². The van der Waals surface area contributed by atoms with E-state index in [9.17, 15) is 0 Å². The zero-order valence-corrected chi connectivity index (χ0v) is 11.9. The molecule has 0 aliphatic heterocycles. The van der Waals surface area contributed by atoms with Crippen molar-refractivity contribution in [3.05, 3.63) is 42.0 Å². The van der Waals surface area contributed by atoms with Crippen LogP contribution in [-0.2, 0) is 6.42 Å². The average Bonchev–Trinajstić information content (AvgIpc) is 2.92. The molecule has 1 aliphatic rings. The maximum absolute atomic E-state index is 6.00. The van der Waals surface area contributed by atoms with Crippen LogP contribution in [0.3, 0.4) is 0 Å². The van der Waals surface area contributed by atoms with Crippen LogP contribution in [-0.4, -0.2) is 25.2 Å². The minimum absolute atomic E-state index is 0.0919. The van der Waals surface area contributed by atoms with Crippen LogP contribution in [0.15, 0.2) is 36.4 Å². The highest BCUT2D eigenvalue weighted by Gasteiger charge is 2.27. The van der Waals surface area contributed by atoms with Crippen molar-refractivity contribution in [1.82, 2.24) is 5.32 Å². The highest BCUT2D eigenvalue weighted by Crippen LogP contribution is 2.24. The highest BCUT2D eigenvalue weighted by atomic mass is 16.5. The normalized spacial score (nSPS) is 18.5. The van der Waals surface area contributed by atoms with Gasteiger partial charge in [0.25, 0.3) is 0 Å². The van der Waals surface area contributed by atoms with Gasteiger partial charge in [-0.2, -0.15) is 0 Å². The lowest BCUT2D eigenvalue weighted by molar-refractivity contribution is 0.312. The Morgan fingerprint density at radius 3 is 2.63 bits per heavy atom. The number of hydrogen-bond donors (Lipinski definition) is 2. The first-order valence-electron chi connectivity index (χ1n) is 6.91. The van der Waals surface area contributed by atoms with E-state index in [0.29, 0.717) is 12.6 Å². The third kappa shape index (κ3) is 3.58. The minimum atomic E-state index is -0.0919. The maximum Gasteiger partial charge on any atom is 0.122 e. The Balaban J connectivity index is 2.08. The summed E-state index contributed by atoms with van der Waals surface area (Å²) in [6.07, 6.45) is 7.54. The lowest BCUT2D eigenvalue weighted by Crippen LogP contribution is -2.54. The van der Waals surface area contributed by atoms with Gasteiger partial charge in [-0.25, -0.2) is 0 Å². The third-order valence-electron chi connectivity index (χ3n) is 3.78. The first-order chi connectivity index (χ1) is 9.17. The summed E-state index contributed by atoms with van der Waals surface area (Å²) in [7, 11) is 1.72. The van der Waals surface area contributed by atoms with E-state index in [1.165, 1.54) is 5.56 Å². The molecular weight excluding hydrogens is 236 g/mol. The number of hydrogen-bond acceptors (Lipinski definition) is 3. The summed E-state index contributed by atoms with van der Waals surface area (Å²) in [6.45, 7) is 2.80. The number of rotatable bonds is 6. The molecule has 0 amide bonds. The van der Waals surface area contributed by atoms with Crippen LogP contribution >= 0.6 is 0 Å². The molecule has 0 bridgehead atoms. The van der Waals surface area contributed by atoms with Gasteiger partial charge in [-0.15, -0.1) is 0 Å². The van der Waals surface area contributed by atoms with Gasteiger partial charge < -0.3 is 15.8 Å². The Hall–Kier alpha value is -1.32. The summed E-state index contributed by atoms with van der Waals surface area (Å²) in [6, 6.07) is 8.68. The molecule has 3 N–H and O–H groups in total. The van der Waals surface area contributed by atoms with E-state index in [1.54, 1.807) is 7.11 Å². The van der Waals surface area contributed by atoms with Gasteiger partial charge in [0.15, 0.2) is 0 Å². The van der Waals surface area contributed by atoms with Crippen LogP contribution in [0.5, 0.6) is 5.75 Å². The predicted molar refractivity (Wildman–Crippen MR) is 79.5 cm³/mol. The molecule has 0 heterocycles. The number of para-hydroxylation sites is 1. The summed E-state index contributed by atoms with van der Waals surface area (Å²) < 4.78 is 5.42. The molecule has 1 aliphatic carbocycles. The van der Waals surface area contributed by atoms with Crippen molar-refractivity contribution >= 4 is 0 Å². The third-order valence-corrected chi connectivity index (χ3v) is 3.78. The number of nitrogens with one attached hydrogen (secondary N) is 1. The summed E-state index contributed by atoms with van der Waals surface area (Å²) in [5.74, 6) is 0.938. The van der Waals surface area contributed by atoms with Gasteiger partial charge in [0, 0.05) is 18.1 Å². The van der Waals surface area contributed by atoms with E-state index in [4.69, 9.17) is 10.5 Å². The monoisotopic (exact) mass is 260 g/mol. The van der Waals surface area contributed by atoms with Crippen molar-refractivity contribution < 1.29 is 4.74 Å². The van der Waals surface area contributed by atoms with Crippen LogP contribution in [0.4, 0.5) is 0 Å². The van der Waals surface area contributed by atoms with Crippen LogP contribution in [0.1, 0.15) is 25.3 Å². The molecule has 0 saturated carbocycles. The topological polar surface area (TPSA) is 47.3 Å². The van der Waals surface area contributed by atoms with E-state index in [-0.39, 0.29) is 5.54 Å². The fraction of sp³-hybridized carbons (Fsp3) is 0.500. The molecule has 2 rings (SSSR count).